The van der Waals surface area contributed by atoms with Gasteiger partial charge in [-0.05, 0) is 30.5 Å². The number of hydrogen-bond acceptors (Lipinski definition) is 3. The van der Waals surface area contributed by atoms with Crippen LogP contribution in [0, 0.1) is 0 Å². The Morgan fingerprint density at radius 3 is 2.54 bits per heavy atom. The maximum Gasteiger partial charge on any atom is 0.191 e. The molecule has 0 aliphatic heterocycles. The van der Waals surface area contributed by atoms with Gasteiger partial charge < -0.3 is 10.6 Å². The molecule has 0 unspecified atom stereocenters. The Hall–Kier alpha value is -2.08. The smallest absolute Gasteiger partial charge is 0.191 e. The number of halogens is 1. The van der Waals surface area contributed by atoms with Crippen molar-refractivity contribution in [3.63, 3.8) is 0 Å². The van der Waals surface area contributed by atoms with Crippen LogP contribution < -0.4 is 10.6 Å². The number of nitrogens with zero attached hydrogens (tertiary/aromatic N) is 4. The van der Waals surface area contributed by atoms with Gasteiger partial charge >= 0.3 is 0 Å². The van der Waals surface area contributed by atoms with Gasteiger partial charge in [-0.2, -0.15) is 5.10 Å². The Morgan fingerprint density at radius 2 is 1.92 bits per heavy atom. The van der Waals surface area contributed by atoms with Gasteiger partial charge in [-0.1, -0.05) is 43.0 Å². The number of rotatable bonds is 5. The molecule has 7 heteroatoms. The average Bonchev–Trinajstić information content (AvgIpc) is 3.08. The van der Waals surface area contributed by atoms with Crippen LogP contribution in [0.4, 0.5) is 0 Å². The van der Waals surface area contributed by atoms with Gasteiger partial charge in [0.1, 0.15) is 12.2 Å². The van der Waals surface area contributed by atoms with E-state index in [-0.39, 0.29) is 5.41 Å². The first-order chi connectivity index (χ1) is 12.6. The van der Waals surface area contributed by atoms with Gasteiger partial charge in [-0.3, -0.25) is 9.67 Å². The van der Waals surface area contributed by atoms with E-state index in [0.29, 0.717) is 6.54 Å². The lowest BCUT2D eigenvalue weighted by atomic mass is 9.69. The number of aliphatic imine (C=N–C) groups is 1. The van der Waals surface area contributed by atoms with E-state index in [1.165, 1.54) is 37.7 Å². The first-order valence-electron chi connectivity index (χ1n) is 9.16. The Kier molecular flexibility index (Phi) is 6.14. The minimum atomic E-state index is 0.130. The first kappa shape index (κ1) is 18.7. The van der Waals surface area contributed by atoms with Crippen LogP contribution in [-0.2, 0) is 19.0 Å². The van der Waals surface area contributed by atoms with E-state index < -0.39 is 0 Å². The summed E-state index contributed by atoms with van der Waals surface area (Å²) < 4.78 is 1.76. The predicted molar refractivity (Wildman–Crippen MR) is 105 cm³/mol. The molecule has 0 bridgehead atoms. The van der Waals surface area contributed by atoms with Crippen LogP contribution in [0.5, 0.6) is 0 Å². The molecule has 1 fully saturated rings. The van der Waals surface area contributed by atoms with Gasteiger partial charge in [0, 0.05) is 31.1 Å². The van der Waals surface area contributed by atoms with Crippen LogP contribution in [0.3, 0.4) is 0 Å². The molecular weight excluding hydrogens is 348 g/mol. The molecule has 1 saturated carbocycles. The summed E-state index contributed by atoms with van der Waals surface area (Å²) >= 11 is 6.09. The highest BCUT2D eigenvalue weighted by Gasteiger charge is 2.34. The largest absolute Gasteiger partial charge is 0.356 e. The minimum Gasteiger partial charge on any atom is -0.356 e. The van der Waals surface area contributed by atoms with Crippen molar-refractivity contribution >= 4 is 17.6 Å². The van der Waals surface area contributed by atoms with Crippen molar-refractivity contribution < 1.29 is 0 Å². The van der Waals surface area contributed by atoms with Crippen molar-refractivity contribution in [2.24, 2.45) is 12.0 Å². The number of hydrogen-bond donors (Lipinski definition) is 2. The highest BCUT2D eigenvalue weighted by Crippen LogP contribution is 2.39. The highest BCUT2D eigenvalue weighted by molar-refractivity contribution is 6.30. The fourth-order valence-corrected chi connectivity index (χ4v) is 3.84. The monoisotopic (exact) mass is 374 g/mol. The number of benzene rings is 1. The minimum absolute atomic E-state index is 0.130. The summed E-state index contributed by atoms with van der Waals surface area (Å²) in [5.41, 5.74) is 1.49. The maximum atomic E-state index is 6.09. The molecule has 0 saturated heterocycles. The Balaban J connectivity index is 1.66. The van der Waals surface area contributed by atoms with E-state index in [1.54, 1.807) is 18.1 Å². The van der Waals surface area contributed by atoms with Crippen LogP contribution >= 0.6 is 11.6 Å². The van der Waals surface area contributed by atoms with E-state index in [9.17, 15) is 0 Å². The molecule has 2 aromatic rings. The van der Waals surface area contributed by atoms with Gasteiger partial charge in [0.25, 0.3) is 0 Å². The molecule has 2 N–H and O–H groups in total. The zero-order valence-electron chi connectivity index (χ0n) is 15.5. The molecule has 3 rings (SSSR count). The number of aromatic nitrogens is 3. The Bertz CT molecular complexity index is 731. The Morgan fingerprint density at radius 1 is 1.19 bits per heavy atom. The summed E-state index contributed by atoms with van der Waals surface area (Å²) in [4.78, 5) is 8.59. The average molecular weight is 375 g/mol. The van der Waals surface area contributed by atoms with Crippen molar-refractivity contribution in [2.45, 2.75) is 44.1 Å². The van der Waals surface area contributed by atoms with Crippen LogP contribution in [0.1, 0.15) is 43.5 Å². The van der Waals surface area contributed by atoms with Gasteiger partial charge in [0.15, 0.2) is 5.96 Å². The number of aryl methyl sites for hydroxylation is 1. The maximum absolute atomic E-state index is 6.09. The van der Waals surface area contributed by atoms with E-state index in [1.807, 2.05) is 19.2 Å². The summed E-state index contributed by atoms with van der Waals surface area (Å²) in [5, 5.41) is 11.7. The number of nitrogens with one attached hydrogen (secondary N) is 2. The molecule has 1 aliphatic rings. The van der Waals surface area contributed by atoms with Crippen molar-refractivity contribution in [3.8, 4) is 0 Å². The van der Waals surface area contributed by atoms with E-state index in [0.717, 1.165) is 23.4 Å². The summed E-state index contributed by atoms with van der Waals surface area (Å²) in [6.45, 7) is 1.44. The fourth-order valence-electron chi connectivity index (χ4n) is 3.72. The van der Waals surface area contributed by atoms with Gasteiger partial charge in [0.2, 0.25) is 0 Å². The molecule has 26 heavy (non-hydrogen) atoms. The normalized spacial score (nSPS) is 17.1. The molecule has 1 heterocycles. The van der Waals surface area contributed by atoms with Gasteiger partial charge in [-0.15, -0.1) is 0 Å². The molecular formula is C19H27ClN6. The molecule has 1 aromatic heterocycles. The van der Waals surface area contributed by atoms with Gasteiger partial charge in [-0.25, -0.2) is 4.98 Å². The zero-order valence-corrected chi connectivity index (χ0v) is 16.3. The third-order valence-corrected chi connectivity index (χ3v) is 5.56. The summed E-state index contributed by atoms with van der Waals surface area (Å²) in [5.74, 6) is 1.66. The SMILES string of the molecule is CN=C(NCc1ncnn1C)NCC1(c2ccc(Cl)cc2)CCCCC1. The molecule has 6 nitrogen and oxygen atoms in total. The lowest BCUT2D eigenvalue weighted by Gasteiger charge is -2.38. The molecule has 1 aliphatic carbocycles. The Labute approximate surface area is 160 Å². The van der Waals surface area contributed by atoms with Crippen molar-refractivity contribution in [3.05, 3.63) is 47.0 Å². The topological polar surface area (TPSA) is 67.1 Å². The van der Waals surface area contributed by atoms with E-state index in [2.05, 4.69) is 37.8 Å². The van der Waals surface area contributed by atoms with Gasteiger partial charge in [0.05, 0.1) is 6.54 Å². The number of guanidine groups is 1. The van der Waals surface area contributed by atoms with E-state index in [4.69, 9.17) is 11.6 Å². The molecule has 0 atom stereocenters. The summed E-state index contributed by atoms with van der Waals surface area (Å²) in [7, 11) is 3.68. The summed E-state index contributed by atoms with van der Waals surface area (Å²) in [6, 6.07) is 8.33. The van der Waals surface area contributed by atoms with Crippen LogP contribution in [0.15, 0.2) is 35.6 Å². The second kappa shape index (κ2) is 8.54. The first-order valence-corrected chi connectivity index (χ1v) is 9.54. The molecule has 140 valence electrons. The quantitative estimate of drug-likeness (QED) is 0.623. The predicted octanol–water partition coefficient (Wildman–Crippen LogP) is 3.04. The molecule has 1 aromatic carbocycles. The summed E-state index contributed by atoms with van der Waals surface area (Å²) in [6.07, 6.45) is 7.76. The second-order valence-corrected chi connectivity index (χ2v) is 7.36. The third kappa shape index (κ3) is 4.36. The van der Waals surface area contributed by atoms with Crippen molar-refractivity contribution in [1.82, 2.24) is 25.4 Å². The highest BCUT2D eigenvalue weighted by atomic mass is 35.5. The molecule has 0 radical (unpaired) electrons. The van der Waals surface area contributed by atoms with Crippen LogP contribution in [0.2, 0.25) is 5.02 Å². The zero-order chi connectivity index (χ0) is 18.4. The molecule has 0 amide bonds. The second-order valence-electron chi connectivity index (χ2n) is 6.93. The lowest BCUT2D eigenvalue weighted by molar-refractivity contribution is 0.291. The molecule has 0 spiro atoms. The van der Waals surface area contributed by atoms with Crippen molar-refractivity contribution in [1.29, 1.82) is 0 Å². The lowest BCUT2D eigenvalue weighted by Crippen LogP contribution is -2.46. The van der Waals surface area contributed by atoms with Crippen LogP contribution in [0.25, 0.3) is 0 Å². The van der Waals surface area contributed by atoms with E-state index >= 15 is 0 Å². The fraction of sp³-hybridized carbons (Fsp3) is 0.526. The van der Waals surface area contributed by atoms with Crippen LogP contribution in [-0.4, -0.2) is 34.3 Å². The standard InChI is InChI=1S/C19H27ClN6/c1-21-18(22-12-17-24-14-25-26(17)2)23-13-19(10-4-3-5-11-19)15-6-8-16(20)9-7-15/h6-9,14H,3-5,10-13H2,1-2H3,(H2,21,22,23). The third-order valence-electron chi connectivity index (χ3n) is 5.30. The van der Waals surface area contributed by atoms with Crippen molar-refractivity contribution in [2.75, 3.05) is 13.6 Å².